The fraction of sp³-hybridized carbons (Fsp3) is 0.529. The molecule has 1 aromatic rings. The van der Waals surface area contributed by atoms with Crippen molar-refractivity contribution < 1.29 is 14.3 Å². The summed E-state index contributed by atoms with van der Waals surface area (Å²) in [7, 11) is 1.75. The number of benzene rings is 1. The lowest BCUT2D eigenvalue weighted by molar-refractivity contribution is -0.123. The fourth-order valence-corrected chi connectivity index (χ4v) is 3.59. The molecule has 3 N–H and O–H groups in total. The minimum atomic E-state index is -0.136. The van der Waals surface area contributed by atoms with Crippen molar-refractivity contribution in [2.75, 3.05) is 20.2 Å². The summed E-state index contributed by atoms with van der Waals surface area (Å²) in [4.78, 5) is 23.8. The Labute approximate surface area is 146 Å². The van der Waals surface area contributed by atoms with Gasteiger partial charge >= 0.3 is 0 Å². The van der Waals surface area contributed by atoms with Crippen LogP contribution in [0.3, 0.4) is 0 Å². The molecule has 6 nitrogen and oxygen atoms in total. The van der Waals surface area contributed by atoms with Crippen LogP contribution in [0.2, 0.25) is 5.02 Å². The third kappa shape index (κ3) is 4.19. The van der Waals surface area contributed by atoms with Crippen LogP contribution >= 0.6 is 11.6 Å². The van der Waals surface area contributed by atoms with E-state index >= 15 is 0 Å². The molecule has 7 heteroatoms. The molecule has 0 spiro atoms. The molecule has 2 saturated carbocycles. The van der Waals surface area contributed by atoms with E-state index in [9.17, 15) is 9.59 Å². The number of nitrogens with one attached hydrogen (secondary N) is 3. The summed E-state index contributed by atoms with van der Waals surface area (Å²) in [5.74, 6) is 1.45. The highest BCUT2D eigenvalue weighted by Gasteiger charge is 2.55. The van der Waals surface area contributed by atoms with Crippen molar-refractivity contribution in [3.8, 4) is 5.75 Å². The third-order valence-corrected chi connectivity index (χ3v) is 4.90. The molecule has 0 bridgehead atoms. The van der Waals surface area contributed by atoms with Crippen molar-refractivity contribution in [3.05, 3.63) is 29.3 Å². The fourth-order valence-electron chi connectivity index (χ4n) is 3.46. The van der Waals surface area contributed by atoms with E-state index in [4.69, 9.17) is 16.3 Å². The van der Waals surface area contributed by atoms with Gasteiger partial charge in [-0.2, -0.15) is 0 Å². The maximum atomic E-state index is 12.1. The van der Waals surface area contributed by atoms with E-state index in [-0.39, 0.29) is 30.5 Å². The Hall–Kier alpha value is -1.79. The first kappa shape index (κ1) is 17.0. The summed E-state index contributed by atoms with van der Waals surface area (Å²) in [6, 6.07) is 7.19. The van der Waals surface area contributed by atoms with Crippen LogP contribution in [0.25, 0.3) is 0 Å². The molecule has 24 heavy (non-hydrogen) atoms. The number of halogens is 1. The van der Waals surface area contributed by atoms with Gasteiger partial charge in [0.25, 0.3) is 5.91 Å². The predicted molar refractivity (Wildman–Crippen MR) is 90.9 cm³/mol. The van der Waals surface area contributed by atoms with Crippen LogP contribution in [-0.4, -0.2) is 44.1 Å². The highest BCUT2D eigenvalue weighted by atomic mass is 35.5. The second-order valence-corrected chi connectivity index (χ2v) is 6.86. The smallest absolute Gasteiger partial charge is 0.258 e. The number of rotatable bonds is 7. The molecule has 3 rings (SSSR count). The zero-order valence-corrected chi connectivity index (χ0v) is 14.3. The summed E-state index contributed by atoms with van der Waals surface area (Å²) in [5, 5.41) is 9.54. The summed E-state index contributed by atoms with van der Waals surface area (Å²) in [6.07, 6.45) is 1.85. The molecule has 0 heterocycles. The second-order valence-electron chi connectivity index (χ2n) is 6.42. The van der Waals surface area contributed by atoms with Crippen molar-refractivity contribution in [1.82, 2.24) is 16.0 Å². The molecule has 0 radical (unpaired) electrons. The predicted octanol–water partition coefficient (Wildman–Crippen LogP) is 0.948. The minimum Gasteiger partial charge on any atom is -0.484 e. The van der Waals surface area contributed by atoms with Gasteiger partial charge < -0.3 is 20.7 Å². The average Bonchev–Trinajstić information content (AvgIpc) is 3.28. The van der Waals surface area contributed by atoms with E-state index < -0.39 is 0 Å². The molecule has 1 aromatic carbocycles. The number of ether oxygens (including phenoxy) is 1. The molecular weight excluding hydrogens is 330 g/mol. The Balaban J connectivity index is 1.42. The zero-order chi connectivity index (χ0) is 17.1. The Morgan fingerprint density at radius 3 is 2.33 bits per heavy atom. The summed E-state index contributed by atoms with van der Waals surface area (Å²) >= 11 is 5.81. The van der Waals surface area contributed by atoms with Gasteiger partial charge in [0.15, 0.2) is 6.61 Å². The minimum absolute atomic E-state index is 0.00574. The van der Waals surface area contributed by atoms with E-state index in [1.807, 2.05) is 0 Å². The Kier molecular flexibility index (Phi) is 5.26. The average molecular weight is 352 g/mol. The van der Waals surface area contributed by atoms with E-state index in [0.29, 0.717) is 29.2 Å². The maximum Gasteiger partial charge on any atom is 0.258 e. The van der Waals surface area contributed by atoms with E-state index in [2.05, 4.69) is 16.0 Å². The highest BCUT2D eigenvalue weighted by molar-refractivity contribution is 6.30. The number of hydrogen-bond acceptors (Lipinski definition) is 4. The number of carbonyl (C=O) groups excluding carboxylic acids is 2. The van der Waals surface area contributed by atoms with Crippen molar-refractivity contribution >= 4 is 23.4 Å². The molecule has 2 fully saturated rings. The molecular formula is C17H22ClN3O3. The quantitative estimate of drug-likeness (QED) is 0.683. The molecule has 4 atom stereocenters. The Morgan fingerprint density at radius 2 is 1.71 bits per heavy atom. The number of carbonyl (C=O) groups is 2. The van der Waals surface area contributed by atoms with Crippen molar-refractivity contribution in [3.63, 3.8) is 0 Å². The van der Waals surface area contributed by atoms with Crippen LogP contribution < -0.4 is 20.7 Å². The lowest BCUT2D eigenvalue weighted by Crippen LogP contribution is -2.43. The van der Waals surface area contributed by atoms with Crippen LogP contribution in [-0.2, 0) is 9.59 Å². The Morgan fingerprint density at radius 1 is 1.08 bits per heavy atom. The first-order chi connectivity index (χ1) is 11.6. The van der Waals surface area contributed by atoms with Gasteiger partial charge in [0.05, 0.1) is 6.54 Å². The largest absolute Gasteiger partial charge is 0.484 e. The van der Waals surface area contributed by atoms with E-state index in [0.717, 1.165) is 12.8 Å². The standard InChI is InChI=1S/C17H22ClN3O3/c1-19-8-16(22)20-14-7-15(13-6-12(13)14)21-17(23)9-24-11-4-2-10(18)3-5-11/h2-5,12-15,19H,6-9H2,1H3,(H,20,22)(H,21,23)/t12?,13?,14-,15+/m0/s1. The van der Waals surface area contributed by atoms with E-state index in [1.165, 1.54) is 0 Å². The van der Waals surface area contributed by atoms with Gasteiger partial charge in [-0.15, -0.1) is 0 Å². The van der Waals surface area contributed by atoms with Crippen LogP contribution in [0, 0.1) is 11.8 Å². The Bertz CT molecular complexity index is 608. The first-order valence-electron chi connectivity index (χ1n) is 8.18. The van der Waals surface area contributed by atoms with Crippen molar-refractivity contribution in [1.29, 1.82) is 0 Å². The van der Waals surface area contributed by atoms with Crippen molar-refractivity contribution in [2.45, 2.75) is 24.9 Å². The molecule has 2 amide bonds. The SMILES string of the molecule is CNCC(=O)N[C@H]1C[C@@H](NC(=O)COc2ccc(Cl)cc2)C2CC21. The van der Waals surface area contributed by atoms with Gasteiger partial charge in [-0.05, 0) is 56.0 Å². The molecule has 0 saturated heterocycles. The lowest BCUT2D eigenvalue weighted by atomic mass is 10.1. The van der Waals surface area contributed by atoms with Crippen LogP contribution in [0.4, 0.5) is 0 Å². The van der Waals surface area contributed by atoms with Gasteiger partial charge in [-0.3, -0.25) is 9.59 Å². The topological polar surface area (TPSA) is 79.5 Å². The number of fused-ring (bicyclic) bond motifs is 1. The van der Waals surface area contributed by atoms with Gasteiger partial charge in [-0.1, -0.05) is 11.6 Å². The summed E-state index contributed by atoms with van der Waals surface area (Å²) < 4.78 is 5.46. The van der Waals surface area contributed by atoms with E-state index in [1.54, 1.807) is 31.3 Å². The number of amides is 2. The molecule has 2 aliphatic rings. The zero-order valence-electron chi connectivity index (χ0n) is 13.5. The van der Waals surface area contributed by atoms with Crippen molar-refractivity contribution in [2.24, 2.45) is 11.8 Å². The third-order valence-electron chi connectivity index (χ3n) is 4.65. The van der Waals surface area contributed by atoms with Gasteiger partial charge in [0.1, 0.15) is 5.75 Å². The van der Waals surface area contributed by atoms with Gasteiger partial charge in [0, 0.05) is 17.1 Å². The monoisotopic (exact) mass is 351 g/mol. The van der Waals surface area contributed by atoms with Gasteiger partial charge in [0.2, 0.25) is 5.91 Å². The van der Waals surface area contributed by atoms with Gasteiger partial charge in [-0.25, -0.2) is 0 Å². The summed E-state index contributed by atoms with van der Waals surface area (Å²) in [5.41, 5.74) is 0. The van der Waals surface area contributed by atoms with Crippen LogP contribution in [0.5, 0.6) is 5.75 Å². The lowest BCUT2D eigenvalue weighted by Gasteiger charge is -2.19. The highest BCUT2D eigenvalue weighted by Crippen LogP contribution is 2.51. The maximum absolute atomic E-state index is 12.1. The molecule has 0 aliphatic heterocycles. The molecule has 130 valence electrons. The van der Waals surface area contributed by atoms with Crippen LogP contribution in [0.15, 0.2) is 24.3 Å². The second kappa shape index (κ2) is 7.40. The van der Waals surface area contributed by atoms with Crippen LogP contribution in [0.1, 0.15) is 12.8 Å². The summed E-state index contributed by atoms with van der Waals surface area (Å²) in [6.45, 7) is 0.298. The molecule has 0 aromatic heterocycles. The normalized spacial score (nSPS) is 27.2. The molecule has 2 aliphatic carbocycles. The molecule has 2 unspecified atom stereocenters. The first-order valence-corrected chi connectivity index (χ1v) is 8.56. The number of hydrogen-bond donors (Lipinski definition) is 3. The number of likely N-dealkylation sites (N-methyl/N-ethyl adjacent to an activating group) is 1.